The van der Waals surface area contributed by atoms with Crippen LogP contribution in [0.1, 0.15) is 5.56 Å². The second-order valence-corrected chi connectivity index (χ2v) is 7.28. The molecule has 0 unspecified atom stereocenters. The molecule has 138 valence electrons. The first kappa shape index (κ1) is 18.1. The van der Waals surface area contributed by atoms with Crippen LogP contribution >= 0.6 is 0 Å². The molecule has 2 aromatic carbocycles. The lowest BCUT2D eigenvalue weighted by Crippen LogP contribution is -2.20. The van der Waals surface area contributed by atoms with Gasteiger partial charge in [0.1, 0.15) is 5.75 Å². The van der Waals surface area contributed by atoms with Crippen LogP contribution in [-0.4, -0.2) is 27.7 Å². The Morgan fingerprint density at radius 1 is 1.12 bits per heavy atom. The molecule has 3 rings (SSSR count). The first-order valence-electron chi connectivity index (χ1n) is 7.33. The number of likely N-dealkylation sites (N-methyl/N-ethyl adjacent to an activating group) is 1. The molecule has 26 heavy (non-hydrogen) atoms. The molecule has 0 spiro atoms. The van der Waals surface area contributed by atoms with Crippen molar-refractivity contribution in [3.8, 4) is 5.75 Å². The molecule has 0 aromatic heterocycles. The Hall–Kier alpha value is -2.75. The van der Waals surface area contributed by atoms with Crippen LogP contribution in [0.4, 0.5) is 24.5 Å². The quantitative estimate of drug-likeness (QED) is 0.877. The van der Waals surface area contributed by atoms with E-state index in [2.05, 4.69) is 9.46 Å². The minimum atomic E-state index is -4.85. The number of sulfonamides is 1. The number of anilines is 2. The average molecular weight is 386 g/mol. The highest BCUT2D eigenvalue weighted by Crippen LogP contribution is 2.31. The van der Waals surface area contributed by atoms with Crippen LogP contribution < -0.4 is 14.4 Å². The topological polar surface area (TPSA) is 75.7 Å². The van der Waals surface area contributed by atoms with E-state index in [9.17, 15) is 26.4 Å². The van der Waals surface area contributed by atoms with Crippen LogP contribution in [0.3, 0.4) is 0 Å². The molecule has 1 aliphatic heterocycles. The molecule has 1 N–H and O–H groups in total. The Balaban J connectivity index is 1.79. The van der Waals surface area contributed by atoms with Crippen LogP contribution in [0.25, 0.3) is 0 Å². The summed E-state index contributed by atoms with van der Waals surface area (Å²) in [6.45, 7) is 0. The van der Waals surface area contributed by atoms with Gasteiger partial charge < -0.3 is 9.64 Å². The van der Waals surface area contributed by atoms with Gasteiger partial charge in [-0.2, -0.15) is 0 Å². The minimum absolute atomic E-state index is 0.0970. The second kappa shape index (κ2) is 6.20. The van der Waals surface area contributed by atoms with Gasteiger partial charge >= 0.3 is 6.36 Å². The summed E-state index contributed by atoms with van der Waals surface area (Å²) >= 11 is 0. The molecule has 0 fully saturated rings. The maximum Gasteiger partial charge on any atom is 0.573 e. The van der Waals surface area contributed by atoms with E-state index in [0.29, 0.717) is 11.3 Å². The largest absolute Gasteiger partial charge is 0.573 e. The molecule has 1 aliphatic rings. The Morgan fingerprint density at radius 3 is 2.38 bits per heavy atom. The number of hydrogen-bond acceptors (Lipinski definition) is 4. The molecule has 0 aliphatic carbocycles. The van der Waals surface area contributed by atoms with E-state index in [-0.39, 0.29) is 22.9 Å². The monoisotopic (exact) mass is 386 g/mol. The summed E-state index contributed by atoms with van der Waals surface area (Å²) in [5.74, 6) is -0.615. The number of carbonyl (C=O) groups is 1. The lowest BCUT2D eigenvalue weighted by atomic mass is 10.1. The van der Waals surface area contributed by atoms with Crippen molar-refractivity contribution in [3.63, 3.8) is 0 Å². The van der Waals surface area contributed by atoms with Gasteiger partial charge in [0.05, 0.1) is 11.3 Å². The zero-order chi connectivity index (χ0) is 19.1. The summed E-state index contributed by atoms with van der Waals surface area (Å²) in [6, 6.07) is 8.53. The average Bonchev–Trinajstić information content (AvgIpc) is 2.80. The highest BCUT2D eigenvalue weighted by Gasteiger charge is 2.31. The maximum absolute atomic E-state index is 12.4. The summed E-state index contributed by atoms with van der Waals surface area (Å²) in [7, 11) is -2.38. The normalized spacial score (nSPS) is 14.3. The fourth-order valence-electron chi connectivity index (χ4n) is 2.57. The van der Waals surface area contributed by atoms with E-state index in [1.165, 1.54) is 11.0 Å². The van der Waals surface area contributed by atoms with Crippen LogP contribution in [0.15, 0.2) is 47.4 Å². The van der Waals surface area contributed by atoms with Gasteiger partial charge in [0.15, 0.2) is 0 Å². The van der Waals surface area contributed by atoms with E-state index in [4.69, 9.17) is 0 Å². The van der Waals surface area contributed by atoms with E-state index in [1.807, 2.05) is 0 Å². The fraction of sp³-hybridized carbons (Fsp3) is 0.188. The predicted molar refractivity (Wildman–Crippen MR) is 87.5 cm³/mol. The second-order valence-electron chi connectivity index (χ2n) is 5.60. The van der Waals surface area contributed by atoms with Crippen LogP contribution in [-0.2, 0) is 21.2 Å². The molecule has 2 aromatic rings. The SMILES string of the molecule is CN1C(=O)Cc2cc(NS(=O)(=O)c3ccc(OC(F)(F)F)cc3)ccc21. The van der Waals surface area contributed by atoms with Gasteiger partial charge in [-0.3, -0.25) is 9.52 Å². The van der Waals surface area contributed by atoms with Crippen molar-refractivity contribution in [2.24, 2.45) is 0 Å². The first-order valence-corrected chi connectivity index (χ1v) is 8.81. The Labute approximate surface area is 147 Å². The molecule has 0 radical (unpaired) electrons. The molecule has 0 bridgehead atoms. The Kier molecular flexibility index (Phi) is 4.31. The fourth-order valence-corrected chi connectivity index (χ4v) is 3.62. The third-order valence-corrected chi connectivity index (χ3v) is 5.17. The molecule has 6 nitrogen and oxygen atoms in total. The molecule has 0 saturated carbocycles. The molecule has 1 amide bonds. The van der Waals surface area contributed by atoms with Crippen LogP contribution in [0.5, 0.6) is 5.75 Å². The zero-order valence-corrected chi connectivity index (χ0v) is 14.2. The number of carbonyl (C=O) groups excluding carboxylic acids is 1. The minimum Gasteiger partial charge on any atom is -0.406 e. The highest BCUT2D eigenvalue weighted by atomic mass is 32.2. The number of hydrogen-bond donors (Lipinski definition) is 1. The number of amides is 1. The summed E-state index contributed by atoms with van der Waals surface area (Å²) in [5.41, 5.74) is 1.64. The lowest BCUT2D eigenvalue weighted by molar-refractivity contribution is -0.274. The van der Waals surface area contributed by atoms with Gasteiger partial charge in [-0.25, -0.2) is 8.42 Å². The summed E-state index contributed by atoms with van der Waals surface area (Å²) in [4.78, 5) is 12.9. The van der Waals surface area contributed by atoms with E-state index in [1.54, 1.807) is 19.2 Å². The molecule has 10 heteroatoms. The van der Waals surface area contributed by atoms with Crippen molar-refractivity contribution in [3.05, 3.63) is 48.0 Å². The lowest BCUT2D eigenvalue weighted by Gasteiger charge is -2.13. The van der Waals surface area contributed by atoms with Crippen molar-refractivity contribution < 1.29 is 31.1 Å². The van der Waals surface area contributed by atoms with E-state index >= 15 is 0 Å². The number of rotatable bonds is 4. The number of nitrogens with zero attached hydrogens (tertiary/aromatic N) is 1. The first-order chi connectivity index (χ1) is 12.0. The van der Waals surface area contributed by atoms with Crippen molar-refractivity contribution in [1.82, 2.24) is 0 Å². The van der Waals surface area contributed by atoms with Crippen molar-refractivity contribution >= 4 is 27.3 Å². The number of nitrogens with one attached hydrogen (secondary N) is 1. The van der Waals surface area contributed by atoms with Crippen molar-refractivity contribution in [2.75, 3.05) is 16.7 Å². The van der Waals surface area contributed by atoms with Gasteiger partial charge in [0, 0.05) is 18.4 Å². The third kappa shape index (κ3) is 3.74. The summed E-state index contributed by atoms with van der Waals surface area (Å²) < 4.78 is 67.2. The predicted octanol–water partition coefficient (Wildman–Crippen LogP) is 2.90. The number of benzene rings is 2. The van der Waals surface area contributed by atoms with Crippen molar-refractivity contribution in [2.45, 2.75) is 17.7 Å². The van der Waals surface area contributed by atoms with Gasteiger partial charge in [-0.05, 0) is 48.0 Å². The number of fused-ring (bicyclic) bond motifs is 1. The van der Waals surface area contributed by atoms with E-state index in [0.717, 1.165) is 24.3 Å². The third-order valence-electron chi connectivity index (χ3n) is 3.78. The van der Waals surface area contributed by atoms with Crippen molar-refractivity contribution in [1.29, 1.82) is 0 Å². The smallest absolute Gasteiger partial charge is 0.406 e. The van der Waals surface area contributed by atoms with Gasteiger partial charge in [-0.1, -0.05) is 0 Å². The Bertz CT molecular complexity index is 956. The summed E-state index contributed by atoms with van der Waals surface area (Å²) in [6.07, 6.45) is -4.68. The molecular formula is C16H13F3N2O4S. The maximum atomic E-state index is 12.4. The van der Waals surface area contributed by atoms with Gasteiger partial charge in [0.25, 0.3) is 10.0 Å². The number of ether oxygens (including phenoxy) is 1. The molecule has 1 heterocycles. The molecule has 0 saturated heterocycles. The van der Waals surface area contributed by atoms with Gasteiger partial charge in [0.2, 0.25) is 5.91 Å². The Morgan fingerprint density at radius 2 is 1.77 bits per heavy atom. The number of alkyl halides is 3. The molecular weight excluding hydrogens is 373 g/mol. The zero-order valence-electron chi connectivity index (χ0n) is 13.4. The standard InChI is InChI=1S/C16H13F3N2O4S/c1-21-14-7-2-11(8-10(14)9-15(21)22)20-26(23,24)13-5-3-12(4-6-13)25-16(17,18)19/h2-8,20H,9H2,1H3. The molecule has 0 atom stereocenters. The van der Waals surface area contributed by atoms with E-state index < -0.39 is 22.1 Å². The van der Waals surface area contributed by atoms with Crippen LogP contribution in [0.2, 0.25) is 0 Å². The van der Waals surface area contributed by atoms with Crippen LogP contribution in [0, 0.1) is 0 Å². The summed E-state index contributed by atoms with van der Waals surface area (Å²) in [5, 5.41) is 0. The van der Waals surface area contributed by atoms with Gasteiger partial charge in [-0.15, -0.1) is 13.2 Å². The number of halogens is 3. The highest BCUT2D eigenvalue weighted by molar-refractivity contribution is 7.92.